The van der Waals surface area contributed by atoms with Crippen LogP contribution in [-0.4, -0.2) is 15.5 Å². The smallest absolute Gasteiger partial charge is 0.161 e. The number of aromatic nitrogens is 2. The topological polar surface area (TPSA) is 37.8 Å². The lowest BCUT2D eigenvalue weighted by molar-refractivity contribution is 0.630. The highest BCUT2D eigenvalue weighted by molar-refractivity contribution is 5.56. The molecular formula is C14H17N3. The molecule has 88 valence electrons. The van der Waals surface area contributed by atoms with E-state index >= 15 is 0 Å². The largest absolute Gasteiger partial charge is 0.365 e. The Kier molecular flexibility index (Phi) is 3.09. The van der Waals surface area contributed by atoms with E-state index in [9.17, 15) is 0 Å². The zero-order valence-electron chi connectivity index (χ0n) is 10.4. The Morgan fingerprint density at radius 2 is 1.71 bits per heavy atom. The summed E-state index contributed by atoms with van der Waals surface area (Å²) in [7, 11) is 0. The first kappa shape index (κ1) is 11.6. The molecule has 2 aromatic rings. The predicted molar refractivity (Wildman–Crippen MR) is 70.8 cm³/mol. The quantitative estimate of drug-likeness (QED) is 0.855. The van der Waals surface area contributed by atoms with Crippen molar-refractivity contribution in [2.24, 2.45) is 0 Å². The Bertz CT molecular complexity index is 486. The Morgan fingerprint density at radius 3 is 2.35 bits per heavy atom. The van der Waals surface area contributed by atoms with Crippen molar-refractivity contribution in [1.82, 2.24) is 9.97 Å². The van der Waals surface area contributed by atoms with Crippen molar-refractivity contribution in [3.8, 4) is 11.4 Å². The molecule has 0 unspecified atom stereocenters. The van der Waals surface area contributed by atoms with E-state index in [1.54, 1.807) is 6.20 Å². The molecule has 0 aliphatic heterocycles. The summed E-state index contributed by atoms with van der Waals surface area (Å²) in [6.07, 6.45) is 1.78. The predicted octanol–water partition coefficient (Wildman–Crippen LogP) is 3.35. The zero-order valence-corrected chi connectivity index (χ0v) is 10.4. The molecule has 1 aromatic carbocycles. The lowest BCUT2D eigenvalue weighted by Gasteiger charge is -2.21. The lowest BCUT2D eigenvalue weighted by Crippen LogP contribution is -2.26. The number of hydrogen-bond acceptors (Lipinski definition) is 3. The fraction of sp³-hybridized carbons (Fsp3) is 0.286. The van der Waals surface area contributed by atoms with Gasteiger partial charge in [-0.2, -0.15) is 0 Å². The fourth-order valence-corrected chi connectivity index (χ4v) is 1.54. The standard InChI is InChI=1S/C14H17N3/c1-14(2,3)17-12-9-10-15-13(16-12)11-7-5-4-6-8-11/h4-10H,1-3H3,(H,15,16,17). The maximum Gasteiger partial charge on any atom is 0.161 e. The van der Waals surface area contributed by atoms with Gasteiger partial charge in [-0.05, 0) is 26.8 Å². The van der Waals surface area contributed by atoms with Crippen molar-refractivity contribution >= 4 is 5.82 Å². The maximum absolute atomic E-state index is 4.51. The zero-order chi connectivity index (χ0) is 12.3. The number of nitrogens with one attached hydrogen (secondary N) is 1. The Morgan fingerprint density at radius 1 is 1.00 bits per heavy atom. The van der Waals surface area contributed by atoms with Gasteiger partial charge >= 0.3 is 0 Å². The summed E-state index contributed by atoms with van der Waals surface area (Å²) in [5.41, 5.74) is 1.03. The number of hydrogen-bond donors (Lipinski definition) is 1. The molecule has 0 radical (unpaired) electrons. The third-order valence-corrected chi connectivity index (χ3v) is 2.19. The highest BCUT2D eigenvalue weighted by Crippen LogP contribution is 2.17. The van der Waals surface area contributed by atoms with Gasteiger partial charge in [0.2, 0.25) is 0 Å². The first-order valence-electron chi connectivity index (χ1n) is 5.71. The van der Waals surface area contributed by atoms with Gasteiger partial charge < -0.3 is 5.32 Å². The molecule has 2 rings (SSSR count). The van der Waals surface area contributed by atoms with Gasteiger partial charge in [0.1, 0.15) is 5.82 Å². The van der Waals surface area contributed by atoms with Crippen LogP contribution in [0.2, 0.25) is 0 Å². The molecule has 1 N–H and O–H groups in total. The summed E-state index contributed by atoms with van der Waals surface area (Å²) in [5, 5.41) is 3.34. The van der Waals surface area contributed by atoms with Crippen molar-refractivity contribution < 1.29 is 0 Å². The third kappa shape index (κ3) is 3.28. The second-order valence-corrected chi connectivity index (χ2v) is 5.01. The van der Waals surface area contributed by atoms with Gasteiger partial charge in [-0.3, -0.25) is 0 Å². The van der Waals surface area contributed by atoms with Gasteiger partial charge in [-0.15, -0.1) is 0 Å². The molecule has 0 aliphatic rings. The molecule has 0 saturated heterocycles. The van der Waals surface area contributed by atoms with Gasteiger partial charge in [-0.25, -0.2) is 9.97 Å². The average molecular weight is 227 g/mol. The fourth-order valence-electron chi connectivity index (χ4n) is 1.54. The second kappa shape index (κ2) is 4.53. The lowest BCUT2D eigenvalue weighted by atomic mass is 10.1. The first-order valence-corrected chi connectivity index (χ1v) is 5.71. The van der Waals surface area contributed by atoms with E-state index in [4.69, 9.17) is 0 Å². The van der Waals surface area contributed by atoms with Crippen LogP contribution in [0.25, 0.3) is 11.4 Å². The summed E-state index contributed by atoms with van der Waals surface area (Å²) in [4.78, 5) is 8.79. The van der Waals surface area contributed by atoms with Crippen LogP contribution < -0.4 is 5.32 Å². The number of anilines is 1. The summed E-state index contributed by atoms with van der Waals surface area (Å²) < 4.78 is 0. The van der Waals surface area contributed by atoms with E-state index < -0.39 is 0 Å². The summed E-state index contributed by atoms with van der Waals surface area (Å²) >= 11 is 0. The molecular weight excluding hydrogens is 210 g/mol. The summed E-state index contributed by atoms with van der Waals surface area (Å²) in [6, 6.07) is 11.9. The molecule has 0 spiro atoms. The van der Waals surface area contributed by atoms with Crippen molar-refractivity contribution in [1.29, 1.82) is 0 Å². The number of nitrogens with zero attached hydrogens (tertiary/aromatic N) is 2. The Balaban J connectivity index is 2.29. The number of rotatable bonds is 2. The van der Waals surface area contributed by atoms with E-state index in [1.165, 1.54) is 0 Å². The monoisotopic (exact) mass is 227 g/mol. The highest BCUT2D eigenvalue weighted by atomic mass is 15.1. The van der Waals surface area contributed by atoms with E-state index in [1.807, 2.05) is 36.4 Å². The van der Waals surface area contributed by atoms with E-state index in [0.717, 1.165) is 17.2 Å². The van der Waals surface area contributed by atoms with Gasteiger partial charge in [-0.1, -0.05) is 30.3 Å². The number of benzene rings is 1. The van der Waals surface area contributed by atoms with E-state index in [2.05, 4.69) is 36.1 Å². The van der Waals surface area contributed by atoms with Gasteiger partial charge in [0.25, 0.3) is 0 Å². The van der Waals surface area contributed by atoms with Gasteiger partial charge in [0.05, 0.1) is 0 Å². The van der Waals surface area contributed by atoms with Crippen LogP contribution in [0.5, 0.6) is 0 Å². The minimum absolute atomic E-state index is 0.00229. The Hall–Kier alpha value is -1.90. The van der Waals surface area contributed by atoms with Crippen molar-refractivity contribution in [2.75, 3.05) is 5.32 Å². The van der Waals surface area contributed by atoms with Crippen LogP contribution in [0, 0.1) is 0 Å². The third-order valence-electron chi connectivity index (χ3n) is 2.19. The first-order chi connectivity index (χ1) is 8.04. The van der Waals surface area contributed by atoms with E-state index in [-0.39, 0.29) is 5.54 Å². The second-order valence-electron chi connectivity index (χ2n) is 5.01. The van der Waals surface area contributed by atoms with Crippen molar-refractivity contribution in [3.63, 3.8) is 0 Å². The van der Waals surface area contributed by atoms with Crippen molar-refractivity contribution in [2.45, 2.75) is 26.3 Å². The van der Waals surface area contributed by atoms with Crippen LogP contribution in [0.15, 0.2) is 42.6 Å². The highest BCUT2D eigenvalue weighted by Gasteiger charge is 2.10. The molecule has 1 heterocycles. The minimum Gasteiger partial charge on any atom is -0.365 e. The molecule has 0 atom stereocenters. The SMILES string of the molecule is CC(C)(C)Nc1ccnc(-c2ccccc2)n1. The van der Waals surface area contributed by atoms with Crippen LogP contribution in [0.3, 0.4) is 0 Å². The van der Waals surface area contributed by atoms with Crippen molar-refractivity contribution in [3.05, 3.63) is 42.6 Å². The molecule has 17 heavy (non-hydrogen) atoms. The maximum atomic E-state index is 4.51. The average Bonchev–Trinajstić information content (AvgIpc) is 2.28. The van der Waals surface area contributed by atoms with Crippen LogP contribution >= 0.6 is 0 Å². The molecule has 0 aliphatic carbocycles. The molecule has 3 heteroatoms. The molecule has 0 bridgehead atoms. The molecule has 0 fully saturated rings. The molecule has 1 aromatic heterocycles. The van der Waals surface area contributed by atoms with Crippen LogP contribution in [0.1, 0.15) is 20.8 Å². The Labute approximate surface area is 102 Å². The van der Waals surface area contributed by atoms with Gasteiger partial charge in [0, 0.05) is 17.3 Å². The van der Waals surface area contributed by atoms with Crippen LogP contribution in [0.4, 0.5) is 5.82 Å². The minimum atomic E-state index is 0.00229. The van der Waals surface area contributed by atoms with E-state index in [0.29, 0.717) is 0 Å². The normalized spacial score (nSPS) is 11.2. The van der Waals surface area contributed by atoms with Crippen LogP contribution in [-0.2, 0) is 0 Å². The summed E-state index contributed by atoms with van der Waals surface area (Å²) in [6.45, 7) is 6.33. The van der Waals surface area contributed by atoms with Gasteiger partial charge in [0.15, 0.2) is 5.82 Å². The molecule has 3 nitrogen and oxygen atoms in total. The molecule has 0 saturated carbocycles. The molecule has 0 amide bonds. The summed E-state index contributed by atoms with van der Waals surface area (Å²) in [5.74, 6) is 1.60.